The van der Waals surface area contributed by atoms with Gasteiger partial charge in [-0.15, -0.1) is 0 Å². The van der Waals surface area contributed by atoms with E-state index in [1.165, 1.54) is 125 Å². The molecule has 0 saturated carbocycles. The molecule has 1 nitrogen and oxygen atoms in total. The lowest BCUT2D eigenvalue weighted by Crippen LogP contribution is -1.96. The van der Waals surface area contributed by atoms with Gasteiger partial charge in [-0.1, -0.05) is 158 Å². The van der Waals surface area contributed by atoms with Crippen molar-refractivity contribution in [2.45, 2.75) is 0 Å². The van der Waals surface area contributed by atoms with E-state index < -0.39 is 0 Å². The van der Waals surface area contributed by atoms with E-state index in [4.69, 9.17) is 0 Å². The fraction of sp³-hybridized carbons (Fsp3) is 0. The molecule has 0 radical (unpaired) electrons. The van der Waals surface area contributed by atoms with Gasteiger partial charge in [0.05, 0.1) is 16.7 Å². The summed E-state index contributed by atoms with van der Waals surface area (Å²) in [5.74, 6) is 0. The summed E-state index contributed by atoms with van der Waals surface area (Å²) in [5, 5.41) is 23.4. The third-order valence-electron chi connectivity index (χ3n) is 12.5. The minimum Gasteiger partial charge on any atom is -0.309 e. The van der Waals surface area contributed by atoms with Crippen LogP contribution in [0.5, 0.6) is 0 Å². The number of para-hydroxylation sites is 1. The van der Waals surface area contributed by atoms with Crippen LogP contribution >= 0.6 is 0 Å². The molecule has 55 heavy (non-hydrogen) atoms. The highest BCUT2D eigenvalue weighted by Gasteiger charge is 2.19. The Labute approximate surface area is 316 Å². The van der Waals surface area contributed by atoms with Crippen molar-refractivity contribution >= 4 is 108 Å². The normalized spacial score (nSPS) is 12.4. The summed E-state index contributed by atoms with van der Waals surface area (Å²) in [6.07, 6.45) is 0. The van der Waals surface area contributed by atoms with E-state index in [-0.39, 0.29) is 0 Å². The first-order chi connectivity index (χ1) is 27.3. The van der Waals surface area contributed by atoms with Crippen LogP contribution in [0.4, 0.5) is 0 Å². The average Bonchev–Trinajstić information content (AvgIpc) is 3.58. The van der Waals surface area contributed by atoms with Crippen LogP contribution in [0.15, 0.2) is 188 Å². The van der Waals surface area contributed by atoms with Crippen molar-refractivity contribution in [2.75, 3.05) is 0 Å². The highest BCUT2D eigenvalue weighted by molar-refractivity contribution is 6.39. The zero-order valence-electron chi connectivity index (χ0n) is 29.8. The molecule has 0 unspecified atom stereocenters. The molecule has 13 rings (SSSR count). The van der Waals surface area contributed by atoms with Crippen molar-refractivity contribution < 1.29 is 0 Å². The summed E-state index contributed by atoms with van der Waals surface area (Å²) in [7, 11) is 0. The highest BCUT2D eigenvalue weighted by Crippen LogP contribution is 2.46. The largest absolute Gasteiger partial charge is 0.309 e. The Kier molecular flexibility index (Phi) is 5.69. The molecule has 0 aliphatic rings. The molecule has 0 bridgehead atoms. The Bertz CT molecular complexity index is 3740. The van der Waals surface area contributed by atoms with Crippen LogP contribution in [0.25, 0.3) is 125 Å². The molecule has 1 aromatic heterocycles. The van der Waals surface area contributed by atoms with E-state index in [2.05, 4.69) is 193 Å². The van der Waals surface area contributed by atoms with Crippen LogP contribution in [-0.2, 0) is 0 Å². The first-order valence-electron chi connectivity index (χ1n) is 19.2. The van der Waals surface area contributed by atoms with Crippen LogP contribution in [0.1, 0.15) is 0 Å². The van der Waals surface area contributed by atoms with Crippen LogP contribution in [0, 0.1) is 0 Å². The maximum Gasteiger partial charge on any atom is 0.0541 e. The molecule has 0 N–H and O–H groups in total. The quantitative estimate of drug-likeness (QED) is 0.159. The number of rotatable bonds is 2. The SMILES string of the molecule is c1cc2ccc3ccc(-n4c5ccccc5c5cc(-c6ccc7c8ccccc8c8c9ccccc9c9ccccc9c8c7c6)ccc54)c4ccc(c1)c2c34. The minimum atomic E-state index is 1.22. The fourth-order valence-electron chi connectivity index (χ4n) is 10.1. The van der Waals surface area contributed by atoms with E-state index in [1.807, 2.05) is 0 Å². The van der Waals surface area contributed by atoms with Crippen molar-refractivity contribution in [3.05, 3.63) is 188 Å². The summed E-state index contributed by atoms with van der Waals surface area (Å²) in [6, 6.07) is 70.3. The monoisotopic (exact) mass is 693 g/mol. The van der Waals surface area contributed by atoms with Gasteiger partial charge >= 0.3 is 0 Å². The van der Waals surface area contributed by atoms with E-state index in [9.17, 15) is 0 Å². The van der Waals surface area contributed by atoms with Crippen LogP contribution in [0.2, 0.25) is 0 Å². The predicted molar refractivity (Wildman–Crippen MR) is 237 cm³/mol. The van der Waals surface area contributed by atoms with Crippen LogP contribution in [0.3, 0.4) is 0 Å². The van der Waals surface area contributed by atoms with Gasteiger partial charge < -0.3 is 4.57 Å². The van der Waals surface area contributed by atoms with Gasteiger partial charge in [-0.25, -0.2) is 0 Å². The number of fused-ring (bicyclic) bond motifs is 14. The molecule has 0 aliphatic heterocycles. The molecule has 252 valence electrons. The zero-order valence-corrected chi connectivity index (χ0v) is 29.8. The standard InChI is InChI=1S/C54H31N/c1-4-16-42-37(12-1)38-13-2-6-18-44(38)54-47-31-35(23-26-40(47)39-14-3-5-17-43(39)53(42)54)36-25-29-50-46(30-36)41-15-7-8-19-48(41)55(50)49-28-24-34-21-20-32-10-9-11-33-22-27-45(49)52(34)51(32)33/h1-31H. The Balaban J connectivity index is 1.09. The Hall–Kier alpha value is -7.22. The second-order valence-corrected chi connectivity index (χ2v) is 15.2. The molecule has 0 aliphatic carbocycles. The number of hydrogen-bond donors (Lipinski definition) is 0. The van der Waals surface area contributed by atoms with Gasteiger partial charge in [0.15, 0.2) is 0 Å². The molecule has 0 spiro atoms. The zero-order chi connectivity index (χ0) is 35.8. The summed E-state index contributed by atoms with van der Waals surface area (Å²) in [6.45, 7) is 0. The lowest BCUT2D eigenvalue weighted by molar-refractivity contribution is 1.20. The fourth-order valence-corrected chi connectivity index (χ4v) is 10.1. The first-order valence-corrected chi connectivity index (χ1v) is 19.2. The Morgan fingerprint density at radius 2 is 0.691 bits per heavy atom. The van der Waals surface area contributed by atoms with Crippen LogP contribution < -0.4 is 0 Å². The van der Waals surface area contributed by atoms with Gasteiger partial charge in [0.1, 0.15) is 0 Å². The Morgan fingerprint density at radius 1 is 0.236 bits per heavy atom. The smallest absolute Gasteiger partial charge is 0.0541 e. The number of aromatic nitrogens is 1. The van der Waals surface area contributed by atoms with Gasteiger partial charge in [-0.05, 0) is 122 Å². The minimum absolute atomic E-state index is 1.22. The molecular formula is C54H31N. The molecule has 0 saturated heterocycles. The second kappa shape index (κ2) is 10.7. The van der Waals surface area contributed by atoms with Gasteiger partial charge in [0.25, 0.3) is 0 Å². The van der Waals surface area contributed by atoms with Gasteiger partial charge in [0, 0.05) is 16.2 Å². The lowest BCUT2D eigenvalue weighted by Gasteiger charge is -2.17. The van der Waals surface area contributed by atoms with Crippen molar-refractivity contribution in [3.8, 4) is 16.8 Å². The van der Waals surface area contributed by atoms with E-state index in [0.717, 1.165) is 0 Å². The molecule has 12 aromatic carbocycles. The molecule has 0 amide bonds. The Morgan fingerprint density at radius 3 is 1.36 bits per heavy atom. The number of hydrogen-bond acceptors (Lipinski definition) is 0. The lowest BCUT2D eigenvalue weighted by atomic mass is 9.86. The molecule has 0 fully saturated rings. The number of benzene rings is 12. The van der Waals surface area contributed by atoms with Gasteiger partial charge in [-0.3, -0.25) is 0 Å². The second-order valence-electron chi connectivity index (χ2n) is 15.2. The molecule has 0 atom stereocenters. The third kappa shape index (κ3) is 3.87. The molecule has 1 heteroatoms. The number of nitrogens with zero attached hydrogens (tertiary/aromatic N) is 1. The van der Waals surface area contributed by atoms with Crippen molar-refractivity contribution in [2.24, 2.45) is 0 Å². The van der Waals surface area contributed by atoms with E-state index in [0.29, 0.717) is 0 Å². The average molecular weight is 694 g/mol. The van der Waals surface area contributed by atoms with Gasteiger partial charge in [-0.2, -0.15) is 0 Å². The molecule has 13 aromatic rings. The third-order valence-corrected chi connectivity index (χ3v) is 12.5. The van der Waals surface area contributed by atoms with Crippen molar-refractivity contribution in [1.82, 2.24) is 4.57 Å². The maximum absolute atomic E-state index is 2.48. The summed E-state index contributed by atoms with van der Waals surface area (Å²) >= 11 is 0. The van der Waals surface area contributed by atoms with E-state index in [1.54, 1.807) is 0 Å². The topological polar surface area (TPSA) is 4.93 Å². The molecule has 1 heterocycles. The summed E-state index contributed by atoms with van der Waals surface area (Å²) in [4.78, 5) is 0. The first kappa shape index (κ1) is 29.3. The van der Waals surface area contributed by atoms with Crippen molar-refractivity contribution in [1.29, 1.82) is 0 Å². The van der Waals surface area contributed by atoms with Crippen LogP contribution in [-0.4, -0.2) is 4.57 Å². The summed E-state index contributed by atoms with van der Waals surface area (Å²) in [5.41, 5.74) is 6.10. The van der Waals surface area contributed by atoms with Gasteiger partial charge in [0.2, 0.25) is 0 Å². The highest BCUT2D eigenvalue weighted by atomic mass is 15.0. The van der Waals surface area contributed by atoms with Crippen molar-refractivity contribution in [3.63, 3.8) is 0 Å². The molecular weight excluding hydrogens is 663 g/mol. The predicted octanol–water partition coefficient (Wildman–Crippen LogP) is 15.1. The van der Waals surface area contributed by atoms with E-state index >= 15 is 0 Å². The maximum atomic E-state index is 2.48. The summed E-state index contributed by atoms with van der Waals surface area (Å²) < 4.78 is 2.48.